The zero-order chi connectivity index (χ0) is 50.1. The van der Waals surface area contributed by atoms with E-state index < -0.39 is 49.5 Å². The summed E-state index contributed by atoms with van der Waals surface area (Å²) in [5.41, 5.74) is 0. The lowest BCUT2D eigenvalue weighted by atomic mass is 9.99. The molecule has 1 aliphatic rings. The molecule has 7 atom stereocenters. The van der Waals surface area contributed by atoms with Gasteiger partial charge in [0.25, 0.3) is 0 Å². The minimum Gasteiger partial charge on any atom is -0.394 e. The lowest BCUT2D eigenvalue weighted by Gasteiger charge is -2.40. The highest BCUT2D eigenvalue weighted by Crippen LogP contribution is 2.23. The summed E-state index contributed by atoms with van der Waals surface area (Å²) >= 11 is 0. The maximum atomic E-state index is 13.1. The predicted molar refractivity (Wildman–Crippen MR) is 290 cm³/mol. The summed E-state index contributed by atoms with van der Waals surface area (Å²) in [4.78, 5) is 13.1. The number of amides is 1. The molecule has 1 rings (SSSR count). The van der Waals surface area contributed by atoms with E-state index in [2.05, 4.69) is 43.5 Å². The second-order valence-electron chi connectivity index (χ2n) is 20.8. The van der Waals surface area contributed by atoms with Crippen LogP contribution in [0.4, 0.5) is 0 Å². The molecule has 0 aliphatic carbocycles. The molecule has 0 bridgehead atoms. The van der Waals surface area contributed by atoms with Gasteiger partial charge in [-0.1, -0.05) is 256 Å². The number of aliphatic hydroxyl groups excluding tert-OH is 5. The molecule has 1 fully saturated rings. The van der Waals surface area contributed by atoms with Crippen LogP contribution in [-0.2, 0) is 14.3 Å². The highest BCUT2D eigenvalue weighted by Gasteiger charge is 2.44. The molecule has 7 unspecified atom stereocenters. The van der Waals surface area contributed by atoms with Gasteiger partial charge in [0.1, 0.15) is 24.4 Å². The third-order valence-electron chi connectivity index (χ3n) is 14.2. The monoisotopic (exact) mass is 976 g/mol. The second kappa shape index (κ2) is 50.0. The van der Waals surface area contributed by atoms with E-state index in [1.165, 1.54) is 225 Å². The Morgan fingerprint density at radius 2 is 0.826 bits per heavy atom. The van der Waals surface area contributed by atoms with E-state index in [4.69, 9.17) is 9.47 Å². The summed E-state index contributed by atoms with van der Waals surface area (Å²) in [5.74, 6) is -0.184. The summed E-state index contributed by atoms with van der Waals surface area (Å²) in [6.45, 7) is 3.79. The Morgan fingerprint density at radius 1 is 0.478 bits per heavy atom. The highest BCUT2D eigenvalue weighted by molar-refractivity contribution is 5.76. The van der Waals surface area contributed by atoms with Gasteiger partial charge in [-0.3, -0.25) is 4.79 Å². The van der Waals surface area contributed by atoms with Crippen molar-refractivity contribution in [1.82, 2.24) is 5.32 Å². The van der Waals surface area contributed by atoms with Gasteiger partial charge in [-0.2, -0.15) is 0 Å². The van der Waals surface area contributed by atoms with E-state index in [1.807, 2.05) is 6.08 Å². The van der Waals surface area contributed by atoms with Crippen LogP contribution < -0.4 is 5.32 Å². The normalized spacial score (nSPS) is 19.7. The number of nitrogens with one attached hydrogen (secondary N) is 1. The molecule has 0 aromatic heterocycles. The Kier molecular flexibility index (Phi) is 47.4. The van der Waals surface area contributed by atoms with Crippen LogP contribution in [0.5, 0.6) is 0 Å². The Labute approximate surface area is 425 Å². The Bertz CT molecular complexity index is 1180. The SMILES string of the molecule is CCCCCCCCCCCCCC/C=C\CCCCCCCCCCCCCC(=O)NC(COC1OC(CO)C(O)C(O)C1O)C(O)/C=C/CC/C=C/CCCCCCCCCCCCCCC. The number of carbonyl (C=O) groups excluding carboxylic acids is 1. The van der Waals surface area contributed by atoms with Gasteiger partial charge in [0.15, 0.2) is 6.29 Å². The Balaban J connectivity index is 2.21. The molecular weight excluding hydrogens is 863 g/mol. The quantitative estimate of drug-likeness (QED) is 0.0261. The molecule has 1 saturated heterocycles. The van der Waals surface area contributed by atoms with Crippen molar-refractivity contribution in [3.05, 3.63) is 36.5 Å². The molecule has 0 radical (unpaired) electrons. The fraction of sp³-hybridized carbons (Fsp3) is 0.883. The lowest BCUT2D eigenvalue weighted by Crippen LogP contribution is -2.60. The van der Waals surface area contributed by atoms with Gasteiger partial charge in [0.2, 0.25) is 5.91 Å². The van der Waals surface area contributed by atoms with Crippen LogP contribution in [0.3, 0.4) is 0 Å². The van der Waals surface area contributed by atoms with Gasteiger partial charge < -0.3 is 40.3 Å². The van der Waals surface area contributed by atoms with Gasteiger partial charge in [0, 0.05) is 6.42 Å². The van der Waals surface area contributed by atoms with E-state index in [1.54, 1.807) is 6.08 Å². The number of carbonyl (C=O) groups is 1. The number of rotatable bonds is 51. The molecule has 0 saturated carbocycles. The smallest absolute Gasteiger partial charge is 0.220 e. The minimum absolute atomic E-state index is 0.184. The minimum atomic E-state index is -1.57. The number of hydrogen-bond donors (Lipinski definition) is 6. The van der Waals surface area contributed by atoms with E-state index in [9.17, 15) is 30.3 Å². The third kappa shape index (κ3) is 39.6. The second-order valence-corrected chi connectivity index (χ2v) is 20.8. The predicted octanol–water partition coefficient (Wildman–Crippen LogP) is 14.7. The average Bonchev–Trinajstić information content (AvgIpc) is 3.35. The van der Waals surface area contributed by atoms with Crippen molar-refractivity contribution < 1.29 is 39.8 Å². The standard InChI is InChI=1S/C60H113NO8/c1-3-5-7-9-11-13-15-17-19-21-23-24-25-26-27-28-29-30-32-34-36-38-40-42-44-46-48-50-56(64)61-53(52-68-60-59(67)58(66)57(65)55(51-62)69-60)54(63)49-47-45-43-41-39-37-35-33-31-22-20-18-16-14-12-10-8-6-4-2/h26-27,39,41,47,49,53-55,57-60,62-63,65-67H,3-25,28-38,40,42-46,48,50-52H2,1-2H3,(H,61,64)/b27-26-,41-39+,49-47+. The molecule has 1 amide bonds. The molecule has 69 heavy (non-hydrogen) atoms. The number of hydrogen-bond acceptors (Lipinski definition) is 8. The number of aliphatic hydroxyl groups is 5. The first-order chi connectivity index (χ1) is 33.8. The number of allylic oxidation sites excluding steroid dienone is 5. The lowest BCUT2D eigenvalue weighted by molar-refractivity contribution is -0.302. The summed E-state index contributed by atoms with van der Waals surface area (Å²) in [7, 11) is 0. The van der Waals surface area contributed by atoms with Gasteiger partial charge in [-0.25, -0.2) is 0 Å². The molecule has 406 valence electrons. The largest absolute Gasteiger partial charge is 0.394 e. The van der Waals surface area contributed by atoms with E-state index in [0.717, 1.165) is 38.5 Å². The molecule has 9 heteroatoms. The first-order valence-corrected chi connectivity index (χ1v) is 29.7. The van der Waals surface area contributed by atoms with Gasteiger partial charge in [-0.15, -0.1) is 0 Å². The van der Waals surface area contributed by atoms with E-state index in [0.29, 0.717) is 6.42 Å². The average molecular weight is 977 g/mol. The number of ether oxygens (including phenoxy) is 2. The van der Waals surface area contributed by atoms with Crippen molar-refractivity contribution in [3.63, 3.8) is 0 Å². The molecule has 0 aromatic carbocycles. The third-order valence-corrected chi connectivity index (χ3v) is 14.2. The zero-order valence-corrected chi connectivity index (χ0v) is 45.1. The maximum absolute atomic E-state index is 13.1. The maximum Gasteiger partial charge on any atom is 0.220 e. The first-order valence-electron chi connectivity index (χ1n) is 29.7. The Hall–Kier alpha value is -1.59. The zero-order valence-electron chi connectivity index (χ0n) is 45.1. The van der Waals surface area contributed by atoms with Crippen LogP contribution in [0.15, 0.2) is 36.5 Å². The molecule has 0 aromatic rings. The van der Waals surface area contributed by atoms with Crippen molar-refractivity contribution in [2.45, 2.75) is 326 Å². The first kappa shape index (κ1) is 65.4. The van der Waals surface area contributed by atoms with Crippen LogP contribution in [0, 0.1) is 0 Å². The molecule has 6 N–H and O–H groups in total. The van der Waals surface area contributed by atoms with E-state index in [-0.39, 0.29) is 12.5 Å². The van der Waals surface area contributed by atoms with Gasteiger partial charge in [0.05, 0.1) is 25.4 Å². The topological polar surface area (TPSA) is 149 Å². The Morgan fingerprint density at radius 3 is 1.22 bits per heavy atom. The summed E-state index contributed by atoms with van der Waals surface area (Å²) in [5, 5.41) is 54.5. The van der Waals surface area contributed by atoms with Gasteiger partial charge >= 0.3 is 0 Å². The fourth-order valence-electron chi connectivity index (χ4n) is 9.46. The summed E-state index contributed by atoms with van der Waals surface area (Å²) in [6, 6.07) is -0.822. The molecule has 1 aliphatic heterocycles. The summed E-state index contributed by atoms with van der Waals surface area (Å²) in [6.07, 6.45) is 57.9. The number of unbranched alkanes of at least 4 members (excludes halogenated alkanes) is 37. The van der Waals surface area contributed by atoms with Crippen molar-refractivity contribution in [2.75, 3.05) is 13.2 Å². The van der Waals surface area contributed by atoms with Crippen molar-refractivity contribution in [2.24, 2.45) is 0 Å². The van der Waals surface area contributed by atoms with Crippen LogP contribution in [0.2, 0.25) is 0 Å². The van der Waals surface area contributed by atoms with Crippen molar-refractivity contribution in [3.8, 4) is 0 Å². The molecular formula is C60H113NO8. The summed E-state index contributed by atoms with van der Waals surface area (Å²) < 4.78 is 11.3. The van der Waals surface area contributed by atoms with Crippen LogP contribution >= 0.6 is 0 Å². The molecule has 1 heterocycles. The van der Waals surface area contributed by atoms with Crippen LogP contribution in [0.25, 0.3) is 0 Å². The fourth-order valence-corrected chi connectivity index (χ4v) is 9.46. The van der Waals surface area contributed by atoms with Crippen molar-refractivity contribution in [1.29, 1.82) is 0 Å². The van der Waals surface area contributed by atoms with Crippen molar-refractivity contribution >= 4 is 5.91 Å². The van der Waals surface area contributed by atoms with Gasteiger partial charge in [-0.05, 0) is 57.8 Å². The molecule has 9 nitrogen and oxygen atoms in total. The highest BCUT2D eigenvalue weighted by atomic mass is 16.7. The van der Waals surface area contributed by atoms with Crippen LogP contribution in [0.1, 0.15) is 284 Å². The van der Waals surface area contributed by atoms with Crippen LogP contribution in [-0.4, -0.2) is 87.5 Å². The molecule has 0 spiro atoms. The van der Waals surface area contributed by atoms with E-state index >= 15 is 0 Å².